The Labute approximate surface area is 281 Å². The molecule has 0 heteroatoms. The first-order valence-electron chi connectivity index (χ1n) is 16.6. The lowest BCUT2D eigenvalue weighted by Gasteiger charge is -2.18. The number of hydrogen-bond donors (Lipinski definition) is 0. The Morgan fingerprint density at radius 3 is 1.12 bits per heavy atom. The van der Waals surface area contributed by atoms with Gasteiger partial charge in [-0.2, -0.15) is 0 Å². The molecule has 0 bridgehead atoms. The van der Waals surface area contributed by atoms with Crippen LogP contribution in [0.4, 0.5) is 0 Å². The minimum atomic E-state index is 1.21. The van der Waals surface area contributed by atoms with Crippen LogP contribution in [0.3, 0.4) is 0 Å². The van der Waals surface area contributed by atoms with Gasteiger partial charge in [0.05, 0.1) is 0 Å². The average Bonchev–Trinajstić information content (AvgIpc) is 3.17. The van der Waals surface area contributed by atoms with Gasteiger partial charge in [-0.3, -0.25) is 0 Å². The third-order valence-corrected chi connectivity index (χ3v) is 9.66. The summed E-state index contributed by atoms with van der Waals surface area (Å²) in [6, 6.07) is 70.6. The fourth-order valence-corrected chi connectivity index (χ4v) is 7.29. The van der Waals surface area contributed by atoms with E-state index in [1.807, 2.05) is 0 Å². The molecule has 0 heterocycles. The van der Waals surface area contributed by atoms with E-state index in [0.717, 1.165) is 0 Å². The second kappa shape index (κ2) is 11.8. The lowest BCUT2D eigenvalue weighted by Crippen LogP contribution is -1.91. The lowest BCUT2D eigenvalue weighted by molar-refractivity contribution is 1.58. The van der Waals surface area contributed by atoms with Crippen molar-refractivity contribution >= 4 is 32.3 Å². The van der Waals surface area contributed by atoms with Crippen LogP contribution in [-0.4, -0.2) is 0 Å². The highest BCUT2D eigenvalue weighted by molar-refractivity contribution is 6.21. The lowest BCUT2D eigenvalue weighted by atomic mass is 9.85. The van der Waals surface area contributed by atoms with Crippen LogP contribution >= 0.6 is 0 Å². The molecule has 0 amide bonds. The Morgan fingerprint density at radius 2 is 0.562 bits per heavy atom. The first-order chi connectivity index (χ1) is 23.8. The van der Waals surface area contributed by atoms with Gasteiger partial charge in [0.1, 0.15) is 0 Å². The van der Waals surface area contributed by atoms with E-state index in [9.17, 15) is 0 Å². The number of rotatable bonds is 5. The van der Waals surface area contributed by atoms with Gasteiger partial charge >= 0.3 is 0 Å². The van der Waals surface area contributed by atoms with E-state index in [2.05, 4.69) is 194 Å². The SMILES string of the molecule is c1ccc(-c2c3ccccc3c(-c3cccc(-c4ccc(-c5ccc(-c6ccc7ccccc7c6)cc5)cc4)c3)c3ccccc23)cc1. The second-order valence-electron chi connectivity index (χ2n) is 12.5. The van der Waals surface area contributed by atoms with Crippen LogP contribution in [0, 0.1) is 0 Å². The van der Waals surface area contributed by atoms with Crippen LogP contribution in [0.1, 0.15) is 0 Å². The van der Waals surface area contributed by atoms with E-state index in [1.165, 1.54) is 88.0 Å². The van der Waals surface area contributed by atoms with Gasteiger partial charge in [0.2, 0.25) is 0 Å². The van der Waals surface area contributed by atoms with Gasteiger partial charge in [0.25, 0.3) is 0 Å². The second-order valence-corrected chi connectivity index (χ2v) is 12.5. The molecule has 0 aliphatic heterocycles. The molecule has 224 valence electrons. The van der Waals surface area contributed by atoms with Crippen LogP contribution in [0.2, 0.25) is 0 Å². The molecule has 0 radical (unpaired) electrons. The summed E-state index contributed by atoms with van der Waals surface area (Å²) in [4.78, 5) is 0. The Hall–Kier alpha value is -6.24. The molecule has 0 N–H and O–H groups in total. The zero-order valence-electron chi connectivity index (χ0n) is 26.5. The fraction of sp³-hybridized carbons (Fsp3) is 0. The van der Waals surface area contributed by atoms with Crippen molar-refractivity contribution in [2.24, 2.45) is 0 Å². The molecular weight excluding hydrogens is 577 g/mol. The highest BCUT2D eigenvalue weighted by atomic mass is 14.2. The molecule has 0 fully saturated rings. The topological polar surface area (TPSA) is 0 Å². The van der Waals surface area contributed by atoms with Crippen molar-refractivity contribution in [3.05, 3.63) is 194 Å². The smallest absolute Gasteiger partial charge is 0.00262 e. The van der Waals surface area contributed by atoms with Crippen molar-refractivity contribution in [3.8, 4) is 55.6 Å². The third-order valence-electron chi connectivity index (χ3n) is 9.66. The van der Waals surface area contributed by atoms with Gasteiger partial charge in [-0.1, -0.05) is 182 Å². The van der Waals surface area contributed by atoms with E-state index in [4.69, 9.17) is 0 Å². The molecule has 0 unspecified atom stereocenters. The van der Waals surface area contributed by atoms with E-state index in [1.54, 1.807) is 0 Å². The minimum Gasteiger partial charge on any atom is -0.0622 e. The van der Waals surface area contributed by atoms with E-state index < -0.39 is 0 Å². The maximum absolute atomic E-state index is 2.35. The number of benzene rings is 9. The van der Waals surface area contributed by atoms with Crippen molar-refractivity contribution < 1.29 is 0 Å². The molecule has 0 spiro atoms. The maximum atomic E-state index is 2.35. The molecule has 9 aromatic carbocycles. The Kier molecular flexibility index (Phi) is 6.91. The van der Waals surface area contributed by atoms with Crippen molar-refractivity contribution in [2.75, 3.05) is 0 Å². The molecule has 0 aliphatic carbocycles. The van der Waals surface area contributed by atoms with Gasteiger partial charge in [-0.25, -0.2) is 0 Å². The molecule has 0 aromatic heterocycles. The molecule has 0 atom stereocenters. The zero-order valence-corrected chi connectivity index (χ0v) is 26.5. The summed E-state index contributed by atoms with van der Waals surface area (Å²) >= 11 is 0. The molecule has 9 rings (SSSR count). The van der Waals surface area contributed by atoms with Gasteiger partial charge in [-0.15, -0.1) is 0 Å². The Bertz CT molecular complexity index is 2520. The fourth-order valence-electron chi connectivity index (χ4n) is 7.29. The number of fused-ring (bicyclic) bond motifs is 3. The maximum Gasteiger partial charge on any atom is -0.00262 e. The van der Waals surface area contributed by atoms with Gasteiger partial charge in [0.15, 0.2) is 0 Å². The monoisotopic (exact) mass is 608 g/mol. The van der Waals surface area contributed by atoms with Crippen molar-refractivity contribution in [2.45, 2.75) is 0 Å². The minimum absolute atomic E-state index is 1.21. The Balaban J connectivity index is 1.07. The molecule has 0 aliphatic rings. The van der Waals surface area contributed by atoms with Crippen molar-refractivity contribution in [3.63, 3.8) is 0 Å². The quantitative estimate of drug-likeness (QED) is 0.171. The summed E-state index contributed by atoms with van der Waals surface area (Å²) in [7, 11) is 0. The van der Waals surface area contributed by atoms with E-state index in [0.29, 0.717) is 0 Å². The Morgan fingerprint density at radius 1 is 0.188 bits per heavy atom. The molecular formula is C48H32. The summed E-state index contributed by atoms with van der Waals surface area (Å²) in [6.07, 6.45) is 0. The highest BCUT2D eigenvalue weighted by Crippen LogP contribution is 2.44. The van der Waals surface area contributed by atoms with Gasteiger partial charge in [-0.05, 0) is 100 Å². The largest absolute Gasteiger partial charge is 0.0622 e. The summed E-state index contributed by atoms with van der Waals surface area (Å²) < 4.78 is 0. The van der Waals surface area contributed by atoms with E-state index in [-0.39, 0.29) is 0 Å². The van der Waals surface area contributed by atoms with Gasteiger partial charge in [0, 0.05) is 0 Å². The third kappa shape index (κ3) is 4.96. The predicted octanol–water partition coefficient (Wildman–Crippen LogP) is 13.5. The molecule has 0 nitrogen and oxygen atoms in total. The molecule has 48 heavy (non-hydrogen) atoms. The zero-order chi connectivity index (χ0) is 31.9. The summed E-state index contributed by atoms with van der Waals surface area (Å²) in [5, 5.41) is 7.64. The molecule has 0 saturated heterocycles. The normalized spacial score (nSPS) is 11.3. The van der Waals surface area contributed by atoms with Crippen LogP contribution in [-0.2, 0) is 0 Å². The average molecular weight is 609 g/mol. The number of hydrogen-bond acceptors (Lipinski definition) is 0. The molecule has 0 saturated carbocycles. The summed E-state index contributed by atoms with van der Waals surface area (Å²) in [5.41, 5.74) is 12.4. The van der Waals surface area contributed by atoms with Crippen LogP contribution in [0.15, 0.2) is 194 Å². The van der Waals surface area contributed by atoms with Crippen LogP contribution in [0.25, 0.3) is 88.0 Å². The summed E-state index contributed by atoms with van der Waals surface area (Å²) in [5.74, 6) is 0. The van der Waals surface area contributed by atoms with Gasteiger partial charge < -0.3 is 0 Å². The van der Waals surface area contributed by atoms with E-state index >= 15 is 0 Å². The first kappa shape index (κ1) is 28.0. The first-order valence-corrected chi connectivity index (χ1v) is 16.6. The predicted molar refractivity (Wildman–Crippen MR) is 206 cm³/mol. The summed E-state index contributed by atoms with van der Waals surface area (Å²) in [6.45, 7) is 0. The highest BCUT2D eigenvalue weighted by Gasteiger charge is 2.16. The molecule has 9 aromatic rings. The van der Waals surface area contributed by atoms with Crippen LogP contribution in [0.5, 0.6) is 0 Å². The standard InChI is InChI=1S/C48H32/c1-2-12-38(13-3-1)47-43-17-6-8-19-45(43)48(46-20-9-7-18-44(46)47)42-16-10-15-40(32-42)36-25-21-34(22-26-36)35-23-27-37(28-24-35)41-30-29-33-11-4-5-14-39(33)31-41/h1-32H. The van der Waals surface area contributed by atoms with Crippen molar-refractivity contribution in [1.82, 2.24) is 0 Å². The van der Waals surface area contributed by atoms with Crippen LogP contribution < -0.4 is 0 Å². The van der Waals surface area contributed by atoms with Crippen molar-refractivity contribution in [1.29, 1.82) is 0 Å².